The van der Waals surface area contributed by atoms with E-state index in [1.807, 2.05) is 13.0 Å². The highest BCUT2D eigenvalue weighted by molar-refractivity contribution is 9.10. The Bertz CT molecular complexity index is 445. The van der Waals surface area contributed by atoms with Gasteiger partial charge in [0, 0.05) is 4.47 Å². The van der Waals surface area contributed by atoms with Crippen LogP contribution >= 0.6 is 15.9 Å². The summed E-state index contributed by atoms with van der Waals surface area (Å²) in [6.07, 6.45) is 0. The third-order valence-corrected chi connectivity index (χ3v) is 3.69. The molecule has 0 bridgehead atoms. The summed E-state index contributed by atoms with van der Waals surface area (Å²) in [5, 5.41) is 8.57. The van der Waals surface area contributed by atoms with Gasteiger partial charge in [-0.05, 0) is 40.5 Å². The van der Waals surface area contributed by atoms with Crippen molar-refractivity contribution in [2.45, 2.75) is 6.92 Å². The second kappa shape index (κ2) is 4.96. The van der Waals surface area contributed by atoms with E-state index in [1.165, 1.54) is 0 Å². The van der Waals surface area contributed by atoms with Gasteiger partial charge in [-0.15, -0.1) is 0 Å². The highest BCUT2D eigenvalue weighted by atomic mass is 79.9. The van der Waals surface area contributed by atoms with Gasteiger partial charge in [0.15, 0.2) is 0 Å². The monoisotopic (exact) mass is 293 g/mol. The molecular formula is C9H12BrNO3S. The van der Waals surface area contributed by atoms with Crippen LogP contribution in [0, 0.1) is 6.92 Å². The minimum absolute atomic E-state index is 0.298. The molecule has 6 heteroatoms. The van der Waals surface area contributed by atoms with Gasteiger partial charge in [-0.3, -0.25) is 4.72 Å². The van der Waals surface area contributed by atoms with Crippen LogP contribution in [0.3, 0.4) is 0 Å². The summed E-state index contributed by atoms with van der Waals surface area (Å²) in [7, 11) is -3.45. The molecule has 0 aliphatic heterocycles. The maximum Gasteiger partial charge on any atom is 0.235 e. The molecule has 0 aromatic heterocycles. The van der Waals surface area contributed by atoms with Gasteiger partial charge < -0.3 is 5.11 Å². The third-order valence-electron chi connectivity index (χ3n) is 1.75. The topological polar surface area (TPSA) is 66.4 Å². The number of halogens is 1. The molecule has 0 aliphatic carbocycles. The molecule has 1 rings (SSSR count). The van der Waals surface area contributed by atoms with Crippen molar-refractivity contribution in [2.24, 2.45) is 0 Å². The van der Waals surface area contributed by atoms with Crippen LogP contribution in [0.25, 0.3) is 0 Å². The maximum atomic E-state index is 11.4. The first kappa shape index (κ1) is 12.5. The van der Waals surface area contributed by atoms with Gasteiger partial charge in [-0.25, -0.2) is 8.42 Å². The minimum atomic E-state index is -3.45. The number of aliphatic hydroxyl groups is 1. The number of benzene rings is 1. The second-order valence-corrected chi connectivity index (χ2v) is 5.82. The zero-order valence-corrected chi connectivity index (χ0v) is 10.6. The molecule has 1 aromatic carbocycles. The summed E-state index contributed by atoms with van der Waals surface area (Å²) >= 11 is 3.24. The molecule has 0 unspecified atom stereocenters. The van der Waals surface area contributed by atoms with Gasteiger partial charge in [-0.1, -0.05) is 6.07 Å². The van der Waals surface area contributed by atoms with E-state index in [4.69, 9.17) is 5.11 Å². The van der Waals surface area contributed by atoms with Crippen molar-refractivity contribution >= 4 is 31.6 Å². The number of anilines is 1. The zero-order chi connectivity index (χ0) is 11.5. The molecule has 15 heavy (non-hydrogen) atoms. The van der Waals surface area contributed by atoms with Crippen molar-refractivity contribution in [2.75, 3.05) is 17.1 Å². The first-order chi connectivity index (χ1) is 6.94. The number of sulfonamides is 1. The molecule has 2 N–H and O–H groups in total. The second-order valence-electron chi connectivity index (χ2n) is 3.13. The lowest BCUT2D eigenvalue weighted by Crippen LogP contribution is -2.19. The summed E-state index contributed by atoms with van der Waals surface area (Å²) in [6, 6.07) is 5.36. The highest BCUT2D eigenvalue weighted by Gasteiger charge is 2.11. The lowest BCUT2D eigenvalue weighted by atomic mass is 10.2. The molecule has 0 atom stereocenters. The molecule has 0 saturated heterocycles. The Morgan fingerprint density at radius 2 is 2.13 bits per heavy atom. The molecule has 0 saturated carbocycles. The Balaban J connectivity index is 2.94. The van der Waals surface area contributed by atoms with Crippen molar-refractivity contribution in [1.29, 1.82) is 0 Å². The van der Waals surface area contributed by atoms with Gasteiger partial charge in [0.05, 0.1) is 18.0 Å². The lowest BCUT2D eigenvalue weighted by molar-refractivity contribution is 0.320. The van der Waals surface area contributed by atoms with Crippen LogP contribution in [0.15, 0.2) is 22.7 Å². The Kier molecular flexibility index (Phi) is 4.12. The molecule has 0 spiro atoms. The average Bonchev–Trinajstić information content (AvgIpc) is 2.10. The molecule has 0 fully saturated rings. The van der Waals surface area contributed by atoms with Gasteiger partial charge in [-0.2, -0.15) is 0 Å². The quantitative estimate of drug-likeness (QED) is 0.884. The van der Waals surface area contributed by atoms with Crippen molar-refractivity contribution < 1.29 is 13.5 Å². The van der Waals surface area contributed by atoms with E-state index in [9.17, 15) is 8.42 Å². The average molecular weight is 294 g/mol. The highest BCUT2D eigenvalue weighted by Crippen LogP contribution is 2.24. The van der Waals surface area contributed by atoms with Crippen molar-refractivity contribution in [3.8, 4) is 0 Å². The van der Waals surface area contributed by atoms with E-state index in [2.05, 4.69) is 20.7 Å². The number of nitrogens with one attached hydrogen (secondary N) is 1. The van der Waals surface area contributed by atoms with Gasteiger partial charge in [0.1, 0.15) is 0 Å². The summed E-state index contributed by atoms with van der Waals surface area (Å²) < 4.78 is 25.8. The summed E-state index contributed by atoms with van der Waals surface area (Å²) in [5.74, 6) is -0.298. The van der Waals surface area contributed by atoms with Crippen LogP contribution in [-0.2, 0) is 10.0 Å². The molecule has 4 nitrogen and oxygen atoms in total. The maximum absolute atomic E-state index is 11.4. The Hall–Kier alpha value is -0.590. The summed E-state index contributed by atoms with van der Waals surface area (Å²) in [4.78, 5) is 0. The first-order valence-corrected chi connectivity index (χ1v) is 6.76. The number of aryl methyl sites for hydroxylation is 1. The number of hydrogen-bond acceptors (Lipinski definition) is 3. The van der Waals surface area contributed by atoms with Crippen LogP contribution in [0.5, 0.6) is 0 Å². The zero-order valence-electron chi connectivity index (χ0n) is 8.20. The Labute approximate surface area is 97.5 Å². The van der Waals surface area contributed by atoms with E-state index >= 15 is 0 Å². The molecule has 84 valence electrons. The summed E-state index contributed by atoms with van der Waals surface area (Å²) in [6.45, 7) is 1.48. The summed E-state index contributed by atoms with van der Waals surface area (Å²) in [5.41, 5.74) is 1.45. The standard InChI is InChI=1S/C9H12BrNO3S/c1-7-2-3-8(10)9(6-7)11-15(13,14)5-4-12/h2-3,6,11-12H,4-5H2,1H3. The van der Waals surface area contributed by atoms with Crippen LogP contribution in [0.2, 0.25) is 0 Å². The SMILES string of the molecule is Cc1ccc(Br)c(NS(=O)(=O)CCO)c1. The van der Waals surface area contributed by atoms with E-state index in [0.717, 1.165) is 5.56 Å². The first-order valence-electron chi connectivity index (χ1n) is 4.32. The number of hydrogen-bond donors (Lipinski definition) is 2. The van der Waals surface area contributed by atoms with E-state index in [0.29, 0.717) is 10.2 Å². The Morgan fingerprint density at radius 3 is 2.73 bits per heavy atom. The fourth-order valence-corrected chi connectivity index (χ4v) is 2.38. The lowest BCUT2D eigenvalue weighted by Gasteiger charge is -2.09. The van der Waals surface area contributed by atoms with Crippen LogP contribution in [0.4, 0.5) is 5.69 Å². The Morgan fingerprint density at radius 1 is 1.47 bits per heavy atom. The van der Waals surface area contributed by atoms with E-state index in [1.54, 1.807) is 12.1 Å². The number of aliphatic hydroxyl groups excluding tert-OH is 1. The van der Waals surface area contributed by atoms with Gasteiger partial charge in [0.25, 0.3) is 0 Å². The van der Waals surface area contributed by atoms with Crippen LogP contribution in [0.1, 0.15) is 5.56 Å². The fraction of sp³-hybridized carbons (Fsp3) is 0.333. The van der Waals surface area contributed by atoms with Gasteiger partial charge >= 0.3 is 0 Å². The van der Waals surface area contributed by atoms with E-state index in [-0.39, 0.29) is 5.75 Å². The van der Waals surface area contributed by atoms with Crippen molar-refractivity contribution in [1.82, 2.24) is 0 Å². The predicted molar refractivity (Wildman–Crippen MR) is 63.4 cm³/mol. The predicted octanol–water partition coefficient (Wildman–Crippen LogP) is 1.49. The molecule has 0 radical (unpaired) electrons. The molecule has 0 amide bonds. The molecule has 0 aliphatic rings. The van der Waals surface area contributed by atoms with Crippen molar-refractivity contribution in [3.05, 3.63) is 28.2 Å². The molecule has 1 aromatic rings. The van der Waals surface area contributed by atoms with Crippen LogP contribution in [-0.4, -0.2) is 25.9 Å². The van der Waals surface area contributed by atoms with E-state index < -0.39 is 16.6 Å². The number of rotatable bonds is 4. The smallest absolute Gasteiger partial charge is 0.235 e. The van der Waals surface area contributed by atoms with Gasteiger partial charge in [0.2, 0.25) is 10.0 Å². The molecular weight excluding hydrogens is 282 g/mol. The van der Waals surface area contributed by atoms with Crippen molar-refractivity contribution in [3.63, 3.8) is 0 Å². The minimum Gasteiger partial charge on any atom is -0.395 e. The molecule has 0 heterocycles. The third kappa shape index (κ3) is 3.81. The van der Waals surface area contributed by atoms with Crippen LogP contribution < -0.4 is 4.72 Å². The normalized spacial score (nSPS) is 11.4. The fourth-order valence-electron chi connectivity index (χ4n) is 1.06. The largest absolute Gasteiger partial charge is 0.395 e.